The molecule has 33 heavy (non-hydrogen) atoms. The van der Waals surface area contributed by atoms with Gasteiger partial charge in [-0.25, -0.2) is 16.8 Å². The topological polar surface area (TPSA) is 91.8 Å². The van der Waals surface area contributed by atoms with E-state index in [1.54, 1.807) is 36.9 Å². The Morgan fingerprint density at radius 3 is 1.94 bits per heavy atom. The highest BCUT2D eigenvalue weighted by molar-refractivity contribution is 7.92. The molecule has 0 aliphatic carbocycles. The van der Waals surface area contributed by atoms with Gasteiger partial charge in [0.2, 0.25) is 10.0 Å². The van der Waals surface area contributed by atoms with Crippen LogP contribution in [0, 0.1) is 0 Å². The van der Waals surface area contributed by atoms with Crippen molar-refractivity contribution >= 4 is 36.5 Å². The molecule has 3 aromatic rings. The molecule has 1 aliphatic rings. The van der Waals surface area contributed by atoms with Crippen LogP contribution in [0.1, 0.15) is 24.2 Å². The smallest absolute Gasteiger partial charge is 0.253 e. The molecule has 0 atom stereocenters. The number of fused-ring (bicyclic) bond motifs is 1. The van der Waals surface area contributed by atoms with Crippen LogP contribution in [-0.4, -0.2) is 63.4 Å². The number of nitrogens with zero attached hydrogens (tertiary/aromatic N) is 2. The number of rotatable bonds is 5. The van der Waals surface area contributed by atoms with E-state index in [9.17, 15) is 21.6 Å². The molecule has 9 heteroatoms. The maximum absolute atomic E-state index is 13.1. The molecule has 1 amide bonds. The Morgan fingerprint density at radius 1 is 0.758 bits per heavy atom. The van der Waals surface area contributed by atoms with Crippen LogP contribution in [0.15, 0.2) is 76.5 Å². The molecule has 1 fully saturated rings. The van der Waals surface area contributed by atoms with E-state index in [0.29, 0.717) is 5.56 Å². The van der Waals surface area contributed by atoms with Crippen molar-refractivity contribution in [3.63, 3.8) is 0 Å². The molecule has 3 aromatic carbocycles. The molecule has 0 radical (unpaired) electrons. The third-order valence-electron chi connectivity index (χ3n) is 5.93. The lowest BCUT2D eigenvalue weighted by Crippen LogP contribution is -2.50. The van der Waals surface area contributed by atoms with Crippen molar-refractivity contribution in [1.82, 2.24) is 9.21 Å². The van der Waals surface area contributed by atoms with Crippen molar-refractivity contribution in [2.24, 2.45) is 0 Å². The van der Waals surface area contributed by atoms with Gasteiger partial charge in [-0.3, -0.25) is 4.79 Å². The average Bonchev–Trinajstić information content (AvgIpc) is 2.83. The number of sulfone groups is 1. The zero-order valence-corrected chi connectivity index (χ0v) is 20.1. The summed E-state index contributed by atoms with van der Waals surface area (Å²) in [4.78, 5) is 14.9. The fraction of sp³-hybridized carbons (Fsp3) is 0.292. The molecule has 1 heterocycles. The molecule has 174 valence electrons. The predicted molar refractivity (Wildman–Crippen MR) is 127 cm³/mol. The minimum atomic E-state index is -3.67. The second-order valence-corrected chi connectivity index (χ2v) is 12.8. The van der Waals surface area contributed by atoms with Gasteiger partial charge in [0.1, 0.15) is 0 Å². The molecular weight excluding hydrogens is 460 g/mol. The summed E-state index contributed by atoms with van der Waals surface area (Å²) in [6.45, 7) is 4.14. The Balaban J connectivity index is 1.45. The van der Waals surface area contributed by atoms with Crippen molar-refractivity contribution in [1.29, 1.82) is 0 Å². The normalized spacial score (nSPS) is 15.8. The molecule has 0 bridgehead atoms. The number of benzene rings is 3. The van der Waals surface area contributed by atoms with Crippen molar-refractivity contribution in [2.75, 3.05) is 26.2 Å². The van der Waals surface area contributed by atoms with Gasteiger partial charge in [0.05, 0.1) is 15.0 Å². The predicted octanol–water partition coefficient (Wildman–Crippen LogP) is 3.17. The van der Waals surface area contributed by atoms with Crippen LogP contribution in [0.5, 0.6) is 0 Å². The van der Waals surface area contributed by atoms with Crippen molar-refractivity contribution in [2.45, 2.75) is 28.9 Å². The third-order valence-corrected chi connectivity index (χ3v) is 10.0. The van der Waals surface area contributed by atoms with Gasteiger partial charge in [-0.15, -0.1) is 0 Å². The summed E-state index contributed by atoms with van der Waals surface area (Å²) in [6, 6.07) is 18.6. The molecule has 1 saturated heterocycles. The Bertz CT molecular complexity index is 1390. The zero-order chi connectivity index (χ0) is 23.8. The molecule has 7 nitrogen and oxygen atoms in total. The first-order chi connectivity index (χ1) is 15.6. The summed E-state index contributed by atoms with van der Waals surface area (Å²) in [5, 5.41) is 1.28. The summed E-state index contributed by atoms with van der Waals surface area (Å²) in [5.41, 5.74) is 0.378. The average molecular weight is 487 g/mol. The minimum absolute atomic E-state index is 0.181. The zero-order valence-electron chi connectivity index (χ0n) is 18.5. The van der Waals surface area contributed by atoms with Gasteiger partial charge < -0.3 is 4.90 Å². The van der Waals surface area contributed by atoms with Gasteiger partial charge in [-0.1, -0.05) is 30.3 Å². The second-order valence-electron chi connectivity index (χ2n) is 8.32. The molecule has 1 aliphatic heterocycles. The summed E-state index contributed by atoms with van der Waals surface area (Å²) >= 11 is 0. The highest BCUT2D eigenvalue weighted by Crippen LogP contribution is 2.23. The van der Waals surface area contributed by atoms with E-state index >= 15 is 0 Å². The van der Waals surface area contributed by atoms with Crippen LogP contribution in [0.25, 0.3) is 10.8 Å². The Labute approximate surface area is 194 Å². The lowest BCUT2D eigenvalue weighted by molar-refractivity contribution is 0.0698. The fourth-order valence-corrected chi connectivity index (χ4v) is 6.37. The van der Waals surface area contributed by atoms with Crippen LogP contribution in [0.2, 0.25) is 0 Å². The molecule has 0 spiro atoms. The monoisotopic (exact) mass is 486 g/mol. The first-order valence-corrected chi connectivity index (χ1v) is 13.7. The highest BCUT2D eigenvalue weighted by Gasteiger charge is 2.30. The van der Waals surface area contributed by atoms with Gasteiger partial charge in [0, 0.05) is 31.7 Å². The SMILES string of the molecule is CC(C)S(=O)(=O)c1ccc(C(=O)N2CCN(S(=O)(=O)c3ccc4ccccc4c3)CC2)cc1. The van der Waals surface area contributed by atoms with E-state index in [-0.39, 0.29) is 41.9 Å². The van der Waals surface area contributed by atoms with E-state index in [0.717, 1.165) is 10.8 Å². The van der Waals surface area contributed by atoms with Gasteiger partial charge in [0.25, 0.3) is 5.91 Å². The molecule has 4 rings (SSSR count). The van der Waals surface area contributed by atoms with Crippen LogP contribution in [0.4, 0.5) is 0 Å². The van der Waals surface area contributed by atoms with Gasteiger partial charge in [-0.2, -0.15) is 4.31 Å². The number of piperazine rings is 1. The number of carbonyl (C=O) groups is 1. The van der Waals surface area contributed by atoms with Crippen LogP contribution in [-0.2, 0) is 19.9 Å². The number of hydrogen-bond donors (Lipinski definition) is 0. The maximum atomic E-state index is 13.1. The lowest BCUT2D eigenvalue weighted by Gasteiger charge is -2.34. The summed E-state index contributed by atoms with van der Waals surface area (Å²) < 4.78 is 52.2. The number of carbonyl (C=O) groups excluding carboxylic acids is 1. The van der Waals surface area contributed by atoms with Gasteiger partial charge >= 0.3 is 0 Å². The Hall–Kier alpha value is -2.75. The largest absolute Gasteiger partial charge is 0.336 e. The second kappa shape index (κ2) is 8.89. The number of amides is 1. The summed E-state index contributed by atoms with van der Waals surface area (Å²) in [7, 11) is -7.08. The van der Waals surface area contributed by atoms with Crippen LogP contribution >= 0.6 is 0 Å². The quantitative estimate of drug-likeness (QED) is 0.552. The van der Waals surface area contributed by atoms with Crippen molar-refractivity contribution in [3.05, 3.63) is 72.3 Å². The number of sulfonamides is 1. The van der Waals surface area contributed by atoms with Crippen molar-refractivity contribution in [3.8, 4) is 0 Å². The van der Waals surface area contributed by atoms with E-state index in [1.807, 2.05) is 24.3 Å². The molecule has 0 aromatic heterocycles. The Morgan fingerprint density at radius 2 is 1.33 bits per heavy atom. The Kier molecular flexibility index (Phi) is 6.30. The highest BCUT2D eigenvalue weighted by atomic mass is 32.2. The first kappa shape index (κ1) is 23.4. The lowest BCUT2D eigenvalue weighted by atomic mass is 10.1. The standard InChI is InChI=1S/C24H26N2O5S2/c1-18(2)32(28,29)22-10-8-20(9-11-22)24(27)25-13-15-26(16-14-25)33(30,31)23-12-7-19-5-3-4-6-21(19)17-23/h3-12,17-18H,13-16H2,1-2H3. The third kappa shape index (κ3) is 4.53. The summed E-state index contributed by atoms with van der Waals surface area (Å²) in [5.74, 6) is -0.244. The van der Waals surface area contributed by atoms with Gasteiger partial charge in [-0.05, 0) is 61.0 Å². The van der Waals surface area contributed by atoms with E-state index < -0.39 is 25.1 Å². The minimum Gasteiger partial charge on any atom is -0.336 e. The van der Waals surface area contributed by atoms with Crippen LogP contribution in [0.3, 0.4) is 0 Å². The van der Waals surface area contributed by atoms with E-state index in [4.69, 9.17) is 0 Å². The summed E-state index contributed by atoms with van der Waals surface area (Å²) in [6.07, 6.45) is 0. The van der Waals surface area contributed by atoms with E-state index in [1.165, 1.54) is 28.6 Å². The molecule has 0 unspecified atom stereocenters. The molecule has 0 N–H and O–H groups in total. The fourth-order valence-electron chi connectivity index (χ4n) is 3.85. The maximum Gasteiger partial charge on any atom is 0.253 e. The van der Waals surface area contributed by atoms with Crippen LogP contribution < -0.4 is 0 Å². The van der Waals surface area contributed by atoms with Gasteiger partial charge in [0.15, 0.2) is 9.84 Å². The van der Waals surface area contributed by atoms with E-state index in [2.05, 4.69) is 0 Å². The number of hydrogen-bond acceptors (Lipinski definition) is 5. The first-order valence-electron chi connectivity index (χ1n) is 10.7. The molecular formula is C24H26N2O5S2. The molecule has 0 saturated carbocycles. The van der Waals surface area contributed by atoms with Crippen molar-refractivity contribution < 1.29 is 21.6 Å².